The van der Waals surface area contributed by atoms with Crippen LogP contribution in [0.4, 0.5) is 5.69 Å². The average molecular weight is 528 g/mol. The predicted molar refractivity (Wildman–Crippen MR) is 143 cm³/mol. The van der Waals surface area contributed by atoms with E-state index in [1.165, 1.54) is 11.9 Å². The Balaban J connectivity index is 2.03. The summed E-state index contributed by atoms with van der Waals surface area (Å²) >= 11 is 5.97. The zero-order valence-corrected chi connectivity index (χ0v) is 22.1. The van der Waals surface area contributed by atoms with Crippen LogP contribution in [0.2, 0.25) is 5.02 Å². The maximum absolute atomic E-state index is 13.8. The molecule has 3 rings (SSSR count). The molecular weight excluding hydrogens is 498 g/mol. The third-order valence-electron chi connectivity index (χ3n) is 5.91. The van der Waals surface area contributed by atoms with Crippen LogP contribution in [0.1, 0.15) is 16.7 Å². The molecule has 1 N–H and O–H groups in total. The van der Waals surface area contributed by atoms with Gasteiger partial charge in [-0.3, -0.25) is 13.9 Å². The highest BCUT2D eigenvalue weighted by Crippen LogP contribution is 2.22. The highest BCUT2D eigenvalue weighted by atomic mass is 35.5. The van der Waals surface area contributed by atoms with Gasteiger partial charge in [0.05, 0.1) is 11.9 Å². The van der Waals surface area contributed by atoms with Gasteiger partial charge in [-0.25, -0.2) is 8.42 Å². The minimum atomic E-state index is -3.81. The summed E-state index contributed by atoms with van der Waals surface area (Å²) in [5.41, 5.74) is 3.02. The van der Waals surface area contributed by atoms with E-state index in [2.05, 4.69) is 5.32 Å². The number of nitrogens with zero attached hydrogens (tertiary/aromatic N) is 2. The van der Waals surface area contributed by atoms with Gasteiger partial charge in [0.15, 0.2) is 0 Å². The summed E-state index contributed by atoms with van der Waals surface area (Å²) in [6.45, 7) is 1.61. The van der Waals surface area contributed by atoms with Crippen LogP contribution in [0.15, 0.2) is 78.9 Å². The van der Waals surface area contributed by atoms with E-state index in [0.29, 0.717) is 10.7 Å². The van der Waals surface area contributed by atoms with Gasteiger partial charge >= 0.3 is 0 Å². The second kappa shape index (κ2) is 12.1. The Morgan fingerprint density at radius 2 is 1.56 bits per heavy atom. The molecule has 0 aliphatic rings. The van der Waals surface area contributed by atoms with Gasteiger partial charge in [0.2, 0.25) is 21.8 Å². The molecule has 0 saturated heterocycles. The van der Waals surface area contributed by atoms with Crippen LogP contribution in [0.5, 0.6) is 0 Å². The second-order valence-electron chi connectivity index (χ2n) is 8.51. The first kappa shape index (κ1) is 27.2. The fourth-order valence-electron chi connectivity index (χ4n) is 3.91. The minimum Gasteiger partial charge on any atom is -0.357 e. The fourth-order valence-corrected chi connectivity index (χ4v) is 4.89. The maximum atomic E-state index is 13.8. The van der Waals surface area contributed by atoms with Crippen molar-refractivity contribution in [3.8, 4) is 0 Å². The second-order valence-corrected chi connectivity index (χ2v) is 10.9. The van der Waals surface area contributed by atoms with Crippen molar-refractivity contribution in [2.75, 3.05) is 24.2 Å². The lowest BCUT2D eigenvalue weighted by Gasteiger charge is -2.33. The first-order chi connectivity index (χ1) is 17.1. The number of hydrogen-bond acceptors (Lipinski definition) is 4. The molecule has 0 aromatic heterocycles. The molecule has 9 heteroatoms. The minimum absolute atomic E-state index is 0.147. The number of nitrogens with one attached hydrogen (secondary N) is 1. The lowest BCUT2D eigenvalue weighted by molar-refractivity contribution is -0.139. The van der Waals surface area contributed by atoms with Crippen molar-refractivity contribution in [3.63, 3.8) is 0 Å². The van der Waals surface area contributed by atoms with Crippen LogP contribution in [0.25, 0.3) is 0 Å². The van der Waals surface area contributed by atoms with Crippen molar-refractivity contribution in [3.05, 3.63) is 101 Å². The third kappa shape index (κ3) is 7.08. The fraction of sp³-hybridized carbons (Fsp3) is 0.259. The van der Waals surface area contributed by atoms with E-state index in [0.717, 1.165) is 27.3 Å². The van der Waals surface area contributed by atoms with E-state index in [-0.39, 0.29) is 18.9 Å². The zero-order valence-electron chi connectivity index (χ0n) is 20.5. The molecule has 0 heterocycles. The van der Waals surface area contributed by atoms with Gasteiger partial charge in [-0.2, -0.15) is 0 Å². The molecule has 7 nitrogen and oxygen atoms in total. The van der Waals surface area contributed by atoms with Crippen LogP contribution >= 0.6 is 11.6 Å². The number of aryl methyl sites for hydroxylation is 1. The summed E-state index contributed by atoms with van der Waals surface area (Å²) in [4.78, 5) is 28.4. The third-order valence-corrected chi connectivity index (χ3v) is 7.31. The van der Waals surface area contributed by atoms with Crippen LogP contribution in [-0.2, 0) is 32.6 Å². The normalized spacial score (nSPS) is 12.0. The van der Waals surface area contributed by atoms with Gasteiger partial charge in [0.25, 0.3) is 0 Å². The number of anilines is 1. The molecule has 0 spiro atoms. The van der Waals surface area contributed by atoms with Crippen molar-refractivity contribution in [1.29, 1.82) is 0 Å². The van der Waals surface area contributed by atoms with Gasteiger partial charge in [-0.15, -0.1) is 0 Å². The lowest BCUT2D eigenvalue weighted by Crippen LogP contribution is -2.53. The molecule has 3 aromatic rings. The molecule has 0 saturated carbocycles. The molecule has 2 amide bonds. The number of rotatable bonds is 10. The number of halogens is 1. The van der Waals surface area contributed by atoms with Crippen molar-refractivity contribution < 1.29 is 18.0 Å². The van der Waals surface area contributed by atoms with Gasteiger partial charge in [0.1, 0.15) is 12.6 Å². The molecular formula is C27H30ClN3O4S. The van der Waals surface area contributed by atoms with E-state index in [1.807, 2.05) is 61.5 Å². The smallest absolute Gasteiger partial charge is 0.244 e. The highest BCUT2D eigenvalue weighted by Gasteiger charge is 2.32. The van der Waals surface area contributed by atoms with E-state index in [9.17, 15) is 18.0 Å². The lowest BCUT2D eigenvalue weighted by atomic mass is 10.0. The van der Waals surface area contributed by atoms with Crippen LogP contribution in [-0.4, -0.2) is 51.0 Å². The molecule has 0 radical (unpaired) electrons. The Hall–Kier alpha value is -3.36. The highest BCUT2D eigenvalue weighted by molar-refractivity contribution is 7.92. The van der Waals surface area contributed by atoms with Gasteiger partial charge in [-0.1, -0.05) is 66.2 Å². The van der Waals surface area contributed by atoms with E-state index >= 15 is 0 Å². The summed E-state index contributed by atoms with van der Waals surface area (Å²) in [6, 6.07) is 22.4. The van der Waals surface area contributed by atoms with E-state index in [4.69, 9.17) is 11.6 Å². The van der Waals surface area contributed by atoms with Gasteiger partial charge in [0, 0.05) is 25.0 Å². The Morgan fingerprint density at radius 1 is 0.944 bits per heavy atom. The number of amides is 2. The number of likely N-dealkylation sites (N-methyl/N-ethyl adjacent to an activating group) is 1. The molecule has 0 aliphatic carbocycles. The molecule has 0 unspecified atom stereocenters. The number of carbonyl (C=O) groups excluding carboxylic acids is 2. The van der Waals surface area contributed by atoms with Crippen molar-refractivity contribution in [2.24, 2.45) is 0 Å². The van der Waals surface area contributed by atoms with Gasteiger partial charge in [-0.05, 0) is 47.9 Å². The van der Waals surface area contributed by atoms with Crippen molar-refractivity contribution >= 4 is 39.1 Å². The van der Waals surface area contributed by atoms with Crippen LogP contribution < -0.4 is 9.62 Å². The Kier molecular flexibility index (Phi) is 9.12. The Bertz CT molecular complexity index is 1300. The number of hydrogen-bond donors (Lipinski definition) is 1. The topological polar surface area (TPSA) is 86.8 Å². The number of carbonyl (C=O) groups is 2. The van der Waals surface area contributed by atoms with Crippen LogP contribution in [0, 0.1) is 6.92 Å². The molecule has 190 valence electrons. The summed E-state index contributed by atoms with van der Waals surface area (Å²) in [6.07, 6.45) is 1.32. The monoisotopic (exact) mass is 527 g/mol. The standard InChI is InChI=1S/C27H30ClN3O4S/c1-20-9-7-8-12-22(20)18-30(25(27(33)29-2)17-21-10-5-4-6-11-21)26(32)19-31(36(3,34)35)24-15-13-23(28)14-16-24/h4-16,25H,17-19H2,1-3H3,(H,29,33)/t25-/m0/s1. The molecule has 3 aromatic carbocycles. The van der Waals surface area contributed by atoms with E-state index in [1.54, 1.807) is 24.3 Å². The van der Waals surface area contributed by atoms with Crippen LogP contribution in [0.3, 0.4) is 0 Å². The first-order valence-corrected chi connectivity index (χ1v) is 13.7. The zero-order chi connectivity index (χ0) is 26.3. The number of benzene rings is 3. The Labute approximate surface area is 217 Å². The summed E-state index contributed by atoms with van der Waals surface area (Å²) in [5.74, 6) is -0.832. The molecule has 1 atom stereocenters. The summed E-state index contributed by atoms with van der Waals surface area (Å²) in [5, 5.41) is 3.11. The molecule has 0 fully saturated rings. The van der Waals surface area contributed by atoms with E-state index < -0.39 is 28.5 Å². The summed E-state index contributed by atoms with van der Waals surface area (Å²) < 4.78 is 26.4. The first-order valence-electron chi connectivity index (χ1n) is 11.4. The molecule has 36 heavy (non-hydrogen) atoms. The maximum Gasteiger partial charge on any atom is 0.244 e. The quantitative estimate of drug-likeness (QED) is 0.434. The largest absolute Gasteiger partial charge is 0.357 e. The van der Waals surface area contributed by atoms with Gasteiger partial charge < -0.3 is 10.2 Å². The SMILES string of the molecule is CNC(=O)[C@H](Cc1ccccc1)N(Cc1ccccc1C)C(=O)CN(c1ccc(Cl)cc1)S(C)(=O)=O. The average Bonchev–Trinajstić information content (AvgIpc) is 2.85. The molecule has 0 bridgehead atoms. The Morgan fingerprint density at radius 3 is 2.14 bits per heavy atom. The summed E-state index contributed by atoms with van der Waals surface area (Å²) in [7, 11) is -2.29. The van der Waals surface area contributed by atoms with Crippen molar-refractivity contribution in [2.45, 2.75) is 25.9 Å². The van der Waals surface area contributed by atoms with Crippen molar-refractivity contribution in [1.82, 2.24) is 10.2 Å². The molecule has 0 aliphatic heterocycles. The predicted octanol–water partition coefficient (Wildman–Crippen LogP) is 3.80. The number of sulfonamides is 1.